The second-order valence-corrected chi connectivity index (χ2v) is 6.37. The number of ether oxygens (including phenoxy) is 2. The Morgan fingerprint density at radius 1 is 1.14 bits per heavy atom. The molecule has 0 amide bonds. The van der Waals surface area contributed by atoms with Crippen molar-refractivity contribution in [2.75, 3.05) is 13.7 Å². The van der Waals surface area contributed by atoms with Crippen LogP contribution >= 0.6 is 11.3 Å². The van der Waals surface area contributed by atoms with Gasteiger partial charge in [-0.3, -0.25) is 0 Å². The highest BCUT2D eigenvalue weighted by Gasteiger charge is 2.06. The number of methoxy groups -OCH3 is 1. The number of carbonyl (C=O) groups excluding carboxylic acids is 1. The third kappa shape index (κ3) is 8.89. The molecule has 0 aliphatic carbocycles. The van der Waals surface area contributed by atoms with Gasteiger partial charge in [0.2, 0.25) is 0 Å². The Kier molecular flexibility index (Phi) is 10.2. The zero-order chi connectivity index (χ0) is 15.3. The molecule has 3 nitrogen and oxygen atoms in total. The summed E-state index contributed by atoms with van der Waals surface area (Å²) in [4.78, 5) is 12.3. The molecular formula is C17H28O3S. The van der Waals surface area contributed by atoms with Crippen LogP contribution in [-0.2, 0) is 9.47 Å². The van der Waals surface area contributed by atoms with Gasteiger partial charge in [-0.1, -0.05) is 44.6 Å². The first-order valence-corrected chi connectivity index (χ1v) is 8.85. The summed E-state index contributed by atoms with van der Waals surface area (Å²) in [6, 6.07) is 3.67. The van der Waals surface area contributed by atoms with Crippen molar-refractivity contribution < 1.29 is 14.3 Å². The second-order valence-electron chi connectivity index (χ2n) is 5.42. The molecule has 1 heterocycles. The van der Waals surface area contributed by atoms with Crippen molar-refractivity contribution >= 4 is 17.3 Å². The maximum atomic E-state index is 11.6. The lowest BCUT2D eigenvalue weighted by Gasteiger charge is -2.08. The highest BCUT2D eigenvalue weighted by atomic mass is 32.1. The first kappa shape index (κ1) is 18.2. The number of rotatable bonds is 12. The van der Waals surface area contributed by atoms with Gasteiger partial charge in [0.1, 0.15) is 4.88 Å². The predicted octanol–water partition coefficient (Wildman–Crippen LogP) is 5.06. The maximum Gasteiger partial charge on any atom is 0.348 e. The molecule has 120 valence electrons. The third-order valence-corrected chi connectivity index (χ3v) is 4.46. The van der Waals surface area contributed by atoms with Crippen molar-refractivity contribution in [3.8, 4) is 0 Å². The molecule has 0 saturated carbocycles. The Morgan fingerprint density at radius 2 is 1.81 bits per heavy atom. The molecule has 0 spiro atoms. The van der Waals surface area contributed by atoms with Gasteiger partial charge in [-0.15, -0.1) is 11.3 Å². The minimum Gasteiger partial charge on any atom is -0.462 e. The van der Waals surface area contributed by atoms with Gasteiger partial charge >= 0.3 is 5.97 Å². The van der Waals surface area contributed by atoms with E-state index in [0.29, 0.717) is 17.6 Å². The Balaban J connectivity index is 1.84. The van der Waals surface area contributed by atoms with Crippen LogP contribution in [0.4, 0.5) is 0 Å². The first-order valence-electron chi connectivity index (χ1n) is 7.97. The summed E-state index contributed by atoms with van der Waals surface area (Å²) in [5, 5.41) is 1.89. The Bertz CT molecular complexity index is 362. The molecular weight excluding hydrogens is 284 g/mol. The monoisotopic (exact) mass is 312 g/mol. The average molecular weight is 312 g/mol. The van der Waals surface area contributed by atoms with E-state index < -0.39 is 0 Å². The highest BCUT2D eigenvalue weighted by molar-refractivity contribution is 7.11. The van der Waals surface area contributed by atoms with Gasteiger partial charge in [0, 0.05) is 7.11 Å². The predicted molar refractivity (Wildman–Crippen MR) is 88.0 cm³/mol. The van der Waals surface area contributed by atoms with Crippen molar-refractivity contribution in [2.45, 2.75) is 64.4 Å². The summed E-state index contributed by atoms with van der Waals surface area (Å²) < 4.78 is 10.5. The smallest absolute Gasteiger partial charge is 0.348 e. The number of unbranched alkanes of at least 4 members (excludes halogenated alkanes) is 6. The van der Waals surface area contributed by atoms with Gasteiger partial charge in [-0.25, -0.2) is 4.79 Å². The molecule has 1 aromatic rings. The van der Waals surface area contributed by atoms with Gasteiger partial charge < -0.3 is 9.47 Å². The SMILES string of the molecule is COC(C)CCCCCCCCCOC(=O)c1cccs1. The quantitative estimate of drug-likeness (QED) is 0.400. The average Bonchev–Trinajstić information content (AvgIpc) is 3.03. The van der Waals surface area contributed by atoms with Gasteiger partial charge in [0.15, 0.2) is 0 Å². The summed E-state index contributed by atoms with van der Waals surface area (Å²) in [7, 11) is 1.77. The topological polar surface area (TPSA) is 35.5 Å². The van der Waals surface area contributed by atoms with Gasteiger partial charge in [0.05, 0.1) is 12.7 Å². The lowest BCUT2D eigenvalue weighted by Crippen LogP contribution is -2.04. The van der Waals surface area contributed by atoms with E-state index in [-0.39, 0.29) is 5.97 Å². The molecule has 1 rings (SSSR count). The summed E-state index contributed by atoms with van der Waals surface area (Å²) in [5.41, 5.74) is 0. The van der Waals surface area contributed by atoms with Crippen LogP contribution in [0.3, 0.4) is 0 Å². The number of carbonyl (C=O) groups is 1. The van der Waals surface area contributed by atoms with Crippen LogP contribution in [0, 0.1) is 0 Å². The standard InChI is InChI=1S/C17H28O3S/c1-15(19-2)11-8-6-4-3-5-7-9-13-20-17(18)16-12-10-14-21-16/h10,12,14-15H,3-9,11,13H2,1-2H3. The fourth-order valence-electron chi connectivity index (χ4n) is 2.17. The van der Waals surface area contributed by atoms with Crippen LogP contribution in [0.1, 0.15) is 68.0 Å². The number of hydrogen-bond acceptors (Lipinski definition) is 4. The van der Waals surface area contributed by atoms with Crippen LogP contribution in [0.15, 0.2) is 17.5 Å². The van der Waals surface area contributed by atoms with E-state index in [1.165, 1.54) is 43.4 Å². The second kappa shape index (κ2) is 11.8. The Morgan fingerprint density at radius 3 is 2.43 bits per heavy atom. The van der Waals surface area contributed by atoms with E-state index in [9.17, 15) is 4.79 Å². The fraction of sp³-hybridized carbons (Fsp3) is 0.706. The molecule has 21 heavy (non-hydrogen) atoms. The molecule has 0 aliphatic heterocycles. The molecule has 0 aliphatic rings. The summed E-state index contributed by atoms with van der Waals surface area (Å²) in [5.74, 6) is -0.183. The number of hydrogen-bond donors (Lipinski definition) is 0. The molecule has 0 fully saturated rings. The van der Waals surface area contributed by atoms with E-state index in [0.717, 1.165) is 19.3 Å². The van der Waals surface area contributed by atoms with Crippen LogP contribution in [0.25, 0.3) is 0 Å². The summed E-state index contributed by atoms with van der Waals surface area (Å²) in [6.07, 6.45) is 10.0. The Hall–Kier alpha value is -0.870. The molecule has 0 N–H and O–H groups in total. The van der Waals surface area contributed by atoms with Crippen LogP contribution in [0.5, 0.6) is 0 Å². The van der Waals surface area contributed by atoms with Crippen molar-refractivity contribution in [3.05, 3.63) is 22.4 Å². The van der Waals surface area contributed by atoms with E-state index in [1.807, 2.05) is 11.4 Å². The number of thiophene rings is 1. The molecule has 1 atom stereocenters. The Labute approximate surface area is 132 Å². The van der Waals surface area contributed by atoms with Crippen molar-refractivity contribution in [2.24, 2.45) is 0 Å². The largest absolute Gasteiger partial charge is 0.462 e. The van der Waals surface area contributed by atoms with Crippen molar-refractivity contribution in [1.29, 1.82) is 0 Å². The van der Waals surface area contributed by atoms with Crippen LogP contribution in [0.2, 0.25) is 0 Å². The zero-order valence-electron chi connectivity index (χ0n) is 13.3. The molecule has 0 aromatic carbocycles. The van der Waals surface area contributed by atoms with E-state index in [4.69, 9.17) is 9.47 Å². The maximum absolute atomic E-state index is 11.6. The van der Waals surface area contributed by atoms with Gasteiger partial charge in [-0.05, 0) is 31.2 Å². The molecule has 4 heteroatoms. The van der Waals surface area contributed by atoms with Crippen LogP contribution < -0.4 is 0 Å². The van der Waals surface area contributed by atoms with E-state index in [2.05, 4.69) is 6.92 Å². The fourth-order valence-corrected chi connectivity index (χ4v) is 2.78. The van der Waals surface area contributed by atoms with E-state index >= 15 is 0 Å². The third-order valence-electron chi connectivity index (χ3n) is 3.61. The molecule has 1 unspecified atom stereocenters. The minimum absolute atomic E-state index is 0.183. The van der Waals surface area contributed by atoms with Crippen molar-refractivity contribution in [1.82, 2.24) is 0 Å². The zero-order valence-corrected chi connectivity index (χ0v) is 14.1. The van der Waals surface area contributed by atoms with Gasteiger partial charge in [-0.2, -0.15) is 0 Å². The molecule has 0 radical (unpaired) electrons. The molecule has 0 saturated heterocycles. The molecule has 1 aromatic heterocycles. The van der Waals surface area contributed by atoms with Crippen molar-refractivity contribution in [3.63, 3.8) is 0 Å². The summed E-state index contributed by atoms with van der Waals surface area (Å²) >= 11 is 1.43. The molecule has 0 bridgehead atoms. The lowest BCUT2D eigenvalue weighted by atomic mass is 10.1. The van der Waals surface area contributed by atoms with Gasteiger partial charge in [0.25, 0.3) is 0 Å². The lowest BCUT2D eigenvalue weighted by molar-refractivity contribution is 0.0503. The highest BCUT2D eigenvalue weighted by Crippen LogP contribution is 2.12. The minimum atomic E-state index is -0.183. The van der Waals surface area contributed by atoms with Crippen LogP contribution in [-0.4, -0.2) is 25.8 Å². The number of esters is 1. The normalized spacial score (nSPS) is 12.3. The summed E-state index contributed by atoms with van der Waals surface area (Å²) in [6.45, 7) is 2.67. The first-order chi connectivity index (χ1) is 10.2. The van der Waals surface area contributed by atoms with E-state index in [1.54, 1.807) is 13.2 Å².